The fraction of sp³-hybridized carbons (Fsp3) is 0.526. The number of fused-ring (bicyclic) bond motifs is 1. The maximum Gasteiger partial charge on any atom is 0.325 e. The lowest BCUT2D eigenvalue weighted by Crippen LogP contribution is -2.49. The summed E-state index contributed by atoms with van der Waals surface area (Å²) in [6.45, 7) is 1.90. The van der Waals surface area contributed by atoms with Gasteiger partial charge < -0.3 is 16.0 Å². The zero-order chi connectivity index (χ0) is 18.1. The molecule has 1 aliphatic carbocycles. The first kappa shape index (κ1) is 19.6. The van der Waals surface area contributed by atoms with Crippen LogP contribution >= 0.6 is 12.4 Å². The number of rotatable bonds is 4. The largest absolute Gasteiger partial charge is 0.350 e. The Balaban J connectivity index is 0.00000210. The number of hydrogen-bond donors (Lipinski definition) is 3. The molecule has 1 saturated heterocycles. The van der Waals surface area contributed by atoms with Crippen molar-refractivity contribution in [1.82, 2.24) is 20.9 Å². The van der Waals surface area contributed by atoms with Crippen LogP contribution in [0.5, 0.6) is 0 Å². The maximum absolute atomic E-state index is 12.7. The summed E-state index contributed by atoms with van der Waals surface area (Å²) in [4.78, 5) is 38.2. The molecular formula is C19H25ClN4O3. The zero-order valence-electron chi connectivity index (χ0n) is 15.2. The van der Waals surface area contributed by atoms with Crippen LogP contribution in [0.1, 0.15) is 48.8 Å². The molecule has 1 aromatic carbocycles. The molecule has 0 radical (unpaired) electrons. The summed E-state index contributed by atoms with van der Waals surface area (Å²) in [6, 6.07) is 5.70. The molecule has 0 atom stereocenters. The summed E-state index contributed by atoms with van der Waals surface area (Å²) in [5.41, 5.74) is 2.78. The molecular weight excluding hydrogens is 368 g/mol. The minimum atomic E-state index is -0.775. The van der Waals surface area contributed by atoms with E-state index < -0.39 is 11.6 Å². The van der Waals surface area contributed by atoms with Crippen LogP contribution in [0.25, 0.3) is 0 Å². The van der Waals surface area contributed by atoms with Gasteiger partial charge in [0.2, 0.25) is 5.91 Å². The lowest BCUT2D eigenvalue weighted by atomic mass is 9.82. The van der Waals surface area contributed by atoms with E-state index in [4.69, 9.17) is 0 Å². The Hall–Kier alpha value is -2.12. The van der Waals surface area contributed by atoms with Crippen LogP contribution in [0.3, 0.4) is 0 Å². The van der Waals surface area contributed by atoms with Gasteiger partial charge in [-0.1, -0.05) is 37.5 Å². The lowest BCUT2D eigenvalue weighted by Gasteiger charge is -2.30. The quantitative estimate of drug-likeness (QED) is 0.678. The first-order chi connectivity index (χ1) is 12.6. The lowest BCUT2D eigenvalue weighted by molar-refractivity contribution is -0.135. The van der Waals surface area contributed by atoms with Gasteiger partial charge >= 0.3 is 6.03 Å². The van der Waals surface area contributed by atoms with Gasteiger partial charge in [0.15, 0.2) is 0 Å². The average Bonchev–Trinajstić information content (AvgIpc) is 3.19. The molecule has 27 heavy (non-hydrogen) atoms. The molecule has 0 aromatic heterocycles. The van der Waals surface area contributed by atoms with Crippen molar-refractivity contribution in [2.75, 3.05) is 6.54 Å². The first-order valence-corrected chi connectivity index (χ1v) is 9.30. The number of nitrogens with zero attached hydrogens (tertiary/aromatic N) is 1. The molecule has 3 aliphatic rings. The highest BCUT2D eigenvalue weighted by molar-refractivity contribution is 6.09. The van der Waals surface area contributed by atoms with Crippen molar-refractivity contribution in [3.05, 3.63) is 34.9 Å². The molecule has 2 fully saturated rings. The van der Waals surface area contributed by atoms with Gasteiger partial charge in [0.1, 0.15) is 12.1 Å². The molecule has 2 heterocycles. The van der Waals surface area contributed by atoms with Gasteiger partial charge in [-0.15, -0.1) is 12.4 Å². The maximum atomic E-state index is 12.7. The van der Waals surface area contributed by atoms with Crippen LogP contribution in [-0.2, 0) is 29.2 Å². The molecule has 0 unspecified atom stereocenters. The highest BCUT2D eigenvalue weighted by atomic mass is 35.5. The van der Waals surface area contributed by atoms with Crippen molar-refractivity contribution in [2.24, 2.45) is 0 Å². The van der Waals surface area contributed by atoms with Crippen molar-refractivity contribution in [1.29, 1.82) is 0 Å². The Morgan fingerprint density at radius 2 is 1.85 bits per heavy atom. The number of benzene rings is 1. The number of carbonyl (C=O) groups is 3. The Morgan fingerprint density at radius 1 is 1.11 bits per heavy atom. The van der Waals surface area contributed by atoms with Crippen molar-refractivity contribution in [3.8, 4) is 0 Å². The minimum Gasteiger partial charge on any atom is -0.350 e. The predicted molar refractivity (Wildman–Crippen MR) is 102 cm³/mol. The number of halogens is 1. The monoisotopic (exact) mass is 392 g/mol. The molecule has 8 heteroatoms. The molecule has 7 nitrogen and oxygen atoms in total. The Kier molecular flexibility index (Phi) is 5.72. The van der Waals surface area contributed by atoms with Gasteiger partial charge in [-0.25, -0.2) is 4.79 Å². The van der Waals surface area contributed by atoms with Gasteiger partial charge in [0, 0.05) is 19.6 Å². The number of nitrogens with one attached hydrogen (secondary N) is 3. The van der Waals surface area contributed by atoms with Gasteiger partial charge in [-0.2, -0.15) is 0 Å². The molecule has 0 bridgehead atoms. The van der Waals surface area contributed by atoms with Crippen molar-refractivity contribution < 1.29 is 14.4 Å². The van der Waals surface area contributed by atoms with Gasteiger partial charge in [0.05, 0.1) is 0 Å². The van der Waals surface area contributed by atoms with Crippen LogP contribution in [0.4, 0.5) is 4.79 Å². The zero-order valence-corrected chi connectivity index (χ0v) is 16.0. The number of amides is 4. The fourth-order valence-electron chi connectivity index (χ4n) is 4.17. The number of hydrogen-bond acceptors (Lipinski definition) is 4. The standard InChI is InChI=1S/C19H24N4O3.ClH/c24-16(21-9-13-4-5-14-10-20-11-15(14)8-13)12-23-17(25)19(22-18(23)26)6-2-1-3-7-19;/h4-5,8,20H,1-3,6-7,9-12H2,(H,21,24)(H,22,26);1H. The highest BCUT2D eigenvalue weighted by Crippen LogP contribution is 2.33. The van der Waals surface area contributed by atoms with Gasteiger partial charge in [-0.3, -0.25) is 14.5 Å². The number of imide groups is 1. The molecule has 1 aromatic rings. The molecule has 1 saturated carbocycles. The average molecular weight is 393 g/mol. The van der Waals surface area contributed by atoms with E-state index >= 15 is 0 Å². The summed E-state index contributed by atoms with van der Waals surface area (Å²) in [6.07, 6.45) is 4.28. The van der Waals surface area contributed by atoms with Gasteiger partial charge in [-0.05, 0) is 29.5 Å². The Bertz CT molecular complexity index is 761. The van der Waals surface area contributed by atoms with E-state index in [-0.39, 0.29) is 30.8 Å². The van der Waals surface area contributed by atoms with E-state index in [1.807, 2.05) is 6.07 Å². The third kappa shape index (κ3) is 3.80. The predicted octanol–water partition coefficient (Wildman–Crippen LogP) is 1.58. The smallest absolute Gasteiger partial charge is 0.325 e. The van der Waals surface area contributed by atoms with Crippen LogP contribution in [0.15, 0.2) is 18.2 Å². The van der Waals surface area contributed by atoms with E-state index in [0.717, 1.165) is 42.8 Å². The van der Waals surface area contributed by atoms with Crippen LogP contribution < -0.4 is 16.0 Å². The molecule has 3 N–H and O–H groups in total. The summed E-state index contributed by atoms with van der Waals surface area (Å²) in [5, 5.41) is 8.93. The second-order valence-electron chi connectivity index (χ2n) is 7.45. The number of urea groups is 1. The molecule has 146 valence electrons. The van der Waals surface area contributed by atoms with Crippen LogP contribution in [0.2, 0.25) is 0 Å². The summed E-state index contributed by atoms with van der Waals surface area (Å²) < 4.78 is 0. The van der Waals surface area contributed by atoms with E-state index in [1.165, 1.54) is 11.1 Å². The summed E-state index contributed by atoms with van der Waals surface area (Å²) >= 11 is 0. The van der Waals surface area contributed by atoms with E-state index in [0.29, 0.717) is 19.4 Å². The third-order valence-corrected chi connectivity index (χ3v) is 5.65. The first-order valence-electron chi connectivity index (χ1n) is 9.30. The molecule has 2 aliphatic heterocycles. The normalized spacial score (nSPS) is 20.2. The molecule has 4 rings (SSSR count). The molecule has 1 spiro atoms. The van der Waals surface area contributed by atoms with Crippen LogP contribution in [0, 0.1) is 0 Å². The Labute approximate surface area is 164 Å². The summed E-state index contributed by atoms with van der Waals surface area (Å²) in [7, 11) is 0. The Morgan fingerprint density at radius 3 is 2.63 bits per heavy atom. The highest BCUT2D eigenvalue weighted by Gasteiger charge is 2.51. The SMILES string of the molecule is Cl.O=C(CN1C(=O)NC2(CCCCC2)C1=O)NCc1ccc2c(c1)CNC2. The second kappa shape index (κ2) is 7.86. The third-order valence-electron chi connectivity index (χ3n) is 5.65. The fourth-order valence-corrected chi connectivity index (χ4v) is 4.17. The minimum absolute atomic E-state index is 0. The van der Waals surface area contributed by atoms with Crippen molar-refractivity contribution in [2.45, 2.75) is 57.3 Å². The topological polar surface area (TPSA) is 90.5 Å². The second-order valence-corrected chi connectivity index (χ2v) is 7.45. The molecule has 4 amide bonds. The number of carbonyl (C=O) groups excluding carboxylic acids is 3. The van der Waals surface area contributed by atoms with Crippen molar-refractivity contribution >= 4 is 30.3 Å². The summed E-state index contributed by atoms with van der Waals surface area (Å²) in [5.74, 6) is -0.569. The van der Waals surface area contributed by atoms with Gasteiger partial charge in [0.25, 0.3) is 5.91 Å². The van der Waals surface area contributed by atoms with Crippen LogP contribution in [-0.4, -0.2) is 34.8 Å². The van der Waals surface area contributed by atoms with E-state index in [2.05, 4.69) is 28.1 Å². The van der Waals surface area contributed by atoms with E-state index in [9.17, 15) is 14.4 Å². The van der Waals surface area contributed by atoms with Crippen molar-refractivity contribution in [3.63, 3.8) is 0 Å². The van der Waals surface area contributed by atoms with E-state index in [1.54, 1.807) is 0 Å².